The van der Waals surface area contributed by atoms with Crippen LogP contribution in [0.25, 0.3) is 0 Å². The van der Waals surface area contributed by atoms with Gasteiger partial charge in [-0.1, -0.05) is 22.0 Å². The predicted molar refractivity (Wildman–Crippen MR) is 79.4 cm³/mol. The Morgan fingerprint density at radius 1 is 1.45 bits per heavy atom. The van der Waals surface area contributed by atoms with E-state index < -0.39 is 11.6 Å². The Kier molecular flexibility index (Phi) is 4.04. The molecule has 20 heavy (non-hydrogen) atoms. The number of benzene rings is 1. The third-order valence-corrected chi connectivity index (χ3v) is 3.20. The molecule has 6 heteroatoms. The SMILES string of the molecule is CC(C)(C)OC(=O)CN1Cc2ccc(Br)cc2NC1=O. The summed E-state index contributed by atoms with van der Waals surface area (Å²) in [5, 5.41) is 2.77. The summed E-state index contributed by atoms with van der Waals surface area (Å²) in [6, 6.07) is 5.38. The first kappa shape index (κ1) is 14.8. The number of anilines is 1. The van der Waals surface area contributed by atoms with E-state index in [1.54, 1.807) is 20.8 Å². The highest BCUT2D eigenvalue weighted by Crippen LogP contribution is 2.26. The van der Waals surface area contributed by atoms with Crippen molar-refractivity contribution in [2.75, 3.05) is 11.9 Å². The van der Waals surface area contributed by atoms with E-state index in [0.29, 0.717) is 6.54 Å². The molecule has 0 unspecified atom stereocenters. The Morgan fingerprint density at radius 2 is 2.15 bits per heavy atom. The molecular formula is C14H17BrN2O3. The van der Waals surface area contributed by atoms with E-state index in [9.17, 15) is 9.59 Å². The number of carbonyl (C=O) groups is 2. The zero-order valence-electron chi connectivity index (χ0n) is 11.7. The van der Waals surface area contributed by atoms with Gasteiger partial charge < -0.3 is 15.0 Å². The monoisotopic (exact) mass is 340 g/mol. The van der Waals surface area contributed by atoms with Crippen LogP contribution in [0, 0.1) is 0 Å². The molecule has 0 fully saturated rings. The van der Waals surface area contributed by atoms with Crippen molar-refractivity contribution in [2.45, 2.75) is 32.9 Å². The molecule has 1 aliphatic rings. The fourth-order valence-corrected chi connectivity index (χ4v) is 2.29. The Bertz CT molecular complexity index is 552. The molecule has 0 radical (unpaired) electrons. The maximum absolute atomic E-state index is 12.0. The van der Waals surface area contributed by atoms with Gasteiger partial charge in [0.1, 0.15) is 12.1 Å². The lowest BCUT2D eigenvalue weighted by Crippen LogP contribution is -2.43. The molecule has 1 aromatic rings. The van der Waals surface area contributed by atoms with Gasteiger partial charge >= 0.3 is 12.0 Å². The minimum atomic E-state index is -0.549. The number of fused-ring (bicyclic) bond motifs is 1. The lowest BCUT2D eigenvalue weighted by Gasteiger charge is -2.30. The molecule has 0 spiro atoms. The Labute approximate surface area is 126 Å². The number of ether oxygens (including phenoxy) is 1. The predicted octanol–water partition coefficient (Wildman–Crippen LogP) is 3.14. The van der Waals surface area contributed by atoms with Crippen molar-refractivity contribution >= 4 is 33.6 Å². The third kappa shape index (κ3) is 3.72. The molecule has 1 aliphatic heterocycles. The minimum absolute atomic E-state index is 0.0569. The van der Waals surface area contributed by atoms with Gasteiger partial charge in [-0.2, -0.15) is 0 Å². The fraction of sp³-hybridized carbons (Fsp3) is 0.429. The second-order valence-electron chi connectivity index (χ2n) is 5.67. The van der Waals surface area contributed by atoms with Gasteiger partial charge in [-0.3, -0.25) is 4.79 Å². The largest absolute Gasteiger partial charge is 0.459 e. The molecule has 108 valence electrons. The summed E-state index contributed by atoms with van der Waals surface area (Å²) in [7, 11) is 0. The maximum atomic E-state index is 12.0. The third-order valence-electron chi connectivity index (χ3n) is 2.70. The quantitative estimate of drug-likeness (QED) is 0.841. The summed E-state index contributed by atoms with van der Waals surface area (Å²) >= 11 is 3.36. The van der Waals surface area contributed by atoms with Crippen LogP contribution in [0.3, 0.4) is 0 Å². The number of carbonyl (C=O) groups excluding carboxylic acids is 2. The molecule has 0 saturated carbocycles. The second-order valence-corrected chi connectivity index (χ2v) is 6.59. The zero-order valence-corrected chi connectivity index (χ0v) is 13.3. The Hall–Kier alpha value is -1.56. The topological polar surface area (TPSA) is 58.6 Å². The van der Waals surface area contributed by atoms with E-state index in [4.69, 9.17) is 4.74 Å². The van der Waals surface area contributed by atoms with Gasteiger partial charge in [-0.25, -0.2) is 4.79 Å². The summed E-state index contributed by atoms with van der Waals surface area (Å²) in [6.45, 7) is 5.74. The van der Waals surface area contributed by atoms with Crippen LogP contribution in [-0.2, 0) is 16.1 Å². The molecule has 0 atom stereocenters. The number of amides is 2. The molecule has 5 nitrogen and oxygen atoms in total. The van der Waals surface area contributed by atoms with Crippen molar-refractivity contribution < 1.29 is 14.3 Å². The zero-order chi connectivity index (χ0) is 14.9. The van der Waals surface area contributed by atoms with Crippen molar-refractivity contribution in [2.24, 2.45) is 0 Å². The van der Waals surface area contributed by atoms with E-state index in [2.05, 4.69) is 21.2 Å². The lowest BCUT2D eigenvalue weighted by molar-refractivity contribution is -0.155. The molecule has 0 bridgehead atoms. The normalized spacial score (nSPS) is 14.6. The Morgan fingerprint density at radius 3 is 2.80 bits per heavy atom. The van der Waals surface area contributed by atoms with Gasteiger partial charge in [0, 0.05) is 10.2 Å². The number of nitrogens with one attached hydrogen (secondary N) is 1. The van der Waals surface area contributed by atoms with Crippen LogP contribution in [0.2, 0.25) is 0 Å². The first-order valence-electron chi connectivity index (χ1n) is 6.31. The van der Waals surface area contributed by atoms with Gasteiger partial charge in [0.05, 0.1) is 6.54 Å². The number of nitrogens with zero attached hydrogens (tertiary/aromatic N) is 1. The summed E-state index contributed by atoms with van der Waals surface area (Å²) in [5.41, 5.74) is 1.19. The van der Waals surface area contributed by atoms with Crippen molar-refractivity contribution in [3.8, 4) is 0 Å². The molecule has 1 heterocycles. The van der Waals surface area contributed by atoms with Gasteiger partial charge in [0.15, 0.2) is 0 Å². The lowest BCUT2D eigenvalue weighted by atomic mass is 10.1. The van der Waals surface area contributed by atoms with E-state index in [0.717, 1.165) is 15.7 Å². The van der Waals surface area contributed by atoms with Crippen LogP contribution < -0.4 is 5.32 Å². The average Bonchev–Trinajstić information content (AvgIpc) is 2.28. The second kappa shape index (κ2) is 5.44. The molecule has 1 N–H and O–H groups in total. The molecule has 0 aromatic heterocycles. The standard InChI is InChI=1S/C14H17BrN2O3/c1-14(2,3)20-12(18)8-17-7-9-4-5-10(15)6-11(9)16-13(17)19/h4-6H,7-8H2,1-3H3,(H,16,19). The smallest absolute Gasteiger partial charge is 0.326 e. The first-order chi connectivity index (χ1) is 9.24. The molecule has 0 aliphatic carbocycles. The molecule has 2 rings (SSSR count). The number of urea groups is 1. The summed E-state index contributed by atoms with van der Waals surface area (Å²) < 4.78 is 6.13. The maximum Gasteiger partial charge on any atom is 0.326 e. The van der Waals surface area contributed by atoms with Crippen LogP contribution in [0.5, 0.6) is 0 Å². The fourth-order valence-electron chi connectivity index (χ4n) is 1.93. The number of hydrogen-bond donors (Lipinski definition) is 1. The van der Waals surface area contributed by atoms with Crippen molar-refractivity contribution in [1.29, 1.82) is 0 Å². The molecular weight excluding hydrogens is 324 g/mol. The highest BCUT2D eigenvalue weighted by molar-refractivity contribution is 9.10. The van der Waals surface area contributed by atoms with Gasteiger partial charge in [-0.15, -0.1) is 0 Å². The van der Waals surface area contributed by atoms with Crippen LogP contribution in [0.15, 0.2) is 22.7 Å². The summed E-state index contributed by atoms with van der Waals surface area (Å²) in [4.78, 5) is 25.2. The minimum Gasteiger partial charge on any atom is -0.459 e. The van der Waals surface area contributed by atoms with Crippen LogP contribution >= 0.6 is 15.9 Å². The number of esters is 1. The highest BCUT2D eigenvalue weighted by atomic mass is 79.9. The highest BCUT2D eigenvalue weighted by Gasteiger charge is 2.26. The average molecular weight is 341 g/mol. The van der Waals surface area contributed by atoms with Crippen LogP contribution in [0.1, 0.15) is 26.3 Å². The van der Waals surface area contributed by atoms with Gasteiger partial charge in [0.2, 0.25) is 0 Å². The number of rotatable bonds is 2. The van der Waals surface area contributed by atoms with Crippen molar-refractivity contribution in [3.63, 3.8) is 0 Å². The van der Waals surface area contributed by atoms with E-state index >= 15 is 0 Å². The molecule has 0 saturated heterocycles. The van der Waals surface area contributed by atoms with Crippen LogP contribution in [0.4, 0.5) is 10.5 Å². The summed E-state index contributed by atoms with van der Waals surface area (Å²) in [5.74, 6) is -0.409. The molecule has 1 aromatic carbocycles. The van der Waals surface area contributed by atoms with E-state index in [1.165, 1.54) is 4.90 Å². The molecule has 2 amide bonds. The van der Waals surface area contributed by atoms with Crippen molar-refractivity contribution in [3.05, 3.63) is 28.2 Å². The first-order valence-corrected chi connectivity index (χ1v) is 7.10. The number of halogens is 1. The Balaban J connectivity index is 2.06. The van der Waals surface area contributed by atoms with Gasteiger partial charge in [0.25, 0.3) is 0 Å². The van der Waals surface area contributed by atoms with Crippen molar-refractivity contribution in [1.82, 2.24) is 4.90 Å². The number of hydrogen-bond acceptors (Lipinski definition) is 3. The van der Waals surface area contributed by atoms with E-state index in [1.807, 2.05) is 18.2 Å². The van der Waals surface area contributed by atoms with Crippen LogP contribution in [-0.4, -0.2) is 29.0 Å². The van der Waals surface area contributed by atoms with E-state index in [-0.39, 0.29) is 12.6 Å². The van der Waals surface area contributed by atoms with Gasteiger partial charge in [-0.05, 0) is 38.5 Å². The summed E-state index contributed by atoms with van der Waals surface area (Å²) in [6.07, 6.45) is 0.